The first kappa shape index (κ1) is 15.2. The molecule has 0 saturated heterocycles. The van der Waals surface area contributed by atoms with Crippen LogP contribution in [-0.2, 0) is 4.79 Å². The van der Waals surface area contributed by atoms with Crippen LogP contribution in [0, 0.1) is 5.92 Å². The van der Waals surface area contributed by atoms with Gasteiger partial charge < -0.3 is 10.4 Å². The van der Waals surface area contributed by atoms with E-state index in [-0.39, 0.29) is 12.5 Å². The summed E-state index contributed by atoms with van der Waals surface area (Å²) in [5.74, 6) is -0.401. The first-order valence-corrected chi connectivity index (χ1v) is 5.22. The van der Waals surface area contributed by atoms with Crippen molar-refractivity contribution in [2.24, 2.45) is 5.92 Å². The van der Waals surface area contributed by atoms with E-state index in [9.17, 15) is 23.1 Å². The lowest BCUT2D eigenvalue weighted by Gasteiger charge is -2.14. The minimum absolute atomic E-state index is 0.00880. The van der Waals surface area contributed by atoms with Gasteiger partial charge in [0.05, 0.1) is 12.5 Å². The Bertz CT molecular complexity index is 217. The van der Waals surface area contributed by atoms with Crippen LogP contribution in [0.4, 0.5) is 13.2 Å². The zero-order chi connectivity index (χ0) is 12.8. The van der Waals surface area contributed by atoms with Crippen molar-refractivity contribution >= 4 is 5.91 Å². The lowest BCUT2D eigenvalue weighted by molar-refractivity contribution is -0.144. The SMILES string of the molecule is CC(C)CC(O)CNC(=O)CCC(F)(F)F. The fraction of sp³-hybridized carbons (Fsp3) is 0.900. The zero-order valence-electron chi connectivity index (χ0n) is 9.47. The molecule has 0 rings (SSSR count). The van der Waals surface area contributed by atoms with E-state index in [1.165, 1.54) is 0 Å². The summed E-state index contributed by atoms with van der Waals surface area (Å²) in [5.41, 5.74) is 0. The molecule has 96 valence electrons. The summed E-state index contributed by atoms with van der Waals surface area (Å²) >= 11 is 0. The lowest BCUT2D eigenvalue weighted by atomic mass is 10.1. The van der Waals surface area contributed by atoms with Crippen LogP contribution in [0.15, 0.2) is 0 Å². The standard InChI is InChI=1S/C10H18F3NO2/c1-7(2)5-8(15)6-14-9(16)3-4-10(11,12)13/h7-8,15H,3-6H2,1-2H3,(H,14,16). The normalized spacial score (nSPS) is 13.9. The van der Waals surface area contributed by atoms with Crippen LogP contribution in [0.25, 0.3) is 0 Å². The van der Waals surface area contributed by atoms with Crippen molar-refractivity contribution in [2.75, 3.05) is 6.54 Å². The molecule has 1 amide bonds. The molecule has 6 heteroatoms. The molecule has 2 N–H and O–H groups in total. The van der Waals surface area contributed by atoms with Crippen LogP contribution >= 0.6 is 0 Å². The Kier molecular flexibility index (Phi) is 6.40. The fourth-order valence-electron chi connectivity index (χ4n) is 1.20. The van der Waals surface area contributed by atoms with Crippen molar-refractivity contribution in [3.05, 3.63) is 0 Å². The maximum Gasteiger partial charge on any atom is 0.389 e. The third kappa shape index (κ3) is 9.76. The number of carbonyl (C=O) groups excluding carboxylic acids is 1. The van der Waals surface area contributed by atoms with Gasteiger partial charge in [-0.3, -0.25) is 4.79 Å². The van der Waals surface area contributed by atoms with Gasteiger partial charge in [-0.2, -0.15) is 13.2 Å². The molecule has 1 atom stereocenters. The van der Waals surface area contributed by atoms with E-state index in [4.69, 9.17) is 0 Å². The molecule has 16 heavy (non-hydrogen) atoms. The quantitative estimate of drug-likeness (QED) is 0.745. The highest BCUT2D eigenvalue weighted by Crippen LogP contribution is 2.20. The number of carbonyl (C=O) groups is 1. The van der Waals surface area contributed by atoms with Crippen molar-refractivity contribution in [2.45, 2.75) is 45.4 Å². The van der Waals surface area contributed by atoms with Crippen LogP contribution in [-0.4, -0.2) is 29.8 Å². The van der Waals surface area contributed by atoms with E-state index in [1.807, 2.05) is 13.8 Å². The molecule has 3 nitrogen and oxygen atoms in total. The summed E-state index contributed by atoms with van der Waals surface area (Å²) in [6.45, 7) is 3.83. The van der Waals surface area contributed by atoms with Crippen LogP contribution < -0.4 is 5.32 Å². The molecule has 0 bridgehead atoms. The van der Waals surface area contributed by atoms with E-state index < -0.39 is 31.0 Å². The summed E-state index contributed by atoms with van der Waals surface area (Å²) in [6.07, 6.45) is -6.21. The highest BCUT2D eigenvalue weighted by Gasteiger charge is 2.27. The van der Waals surface area contributed by atoms with Crippen LogP contribution in [0.3, 0.4) is 0 Å². The maximum atomic E-state index is 11.8. The number of hydrogen-bond acceptors (Lipinski definition) is 2. The van der Waals surface area contributed by atoms with Gasteiger partial charge in [-0.15, -0.1) is 0 Å². The number of aliphatic hydroxyl groups is 1. The number of hydrogen-bond donors (Lipinski definition) is 2. The van der Waals surface area contributed by atoms with Crippen molar-refractivity contribution in [1.82, 2.24) is 5.32 Å². The average Bonchev–Trinajstić information content (AvgIpc) is 2.09. The molecular formula is C10H18F3NO2. The number of halogens is 3. The Balaban J connectivity index is 3.65. The van der Waals surface area contributed by atoms with Gasteiger partial charge >= 0.3 is 6.18 Å². The van der Waals surface area contributed by atoms with E-state index in [2.05, 4.69) is 5.32 Å². The Morgan fingerprint density at radius 2 is 1.94 bits per heavy atom. The molecular weight excluding hydrogens is 223 g/mol. The largest absolute Gasteiger partial charge is 0.391 e. The van der Waals surface area contributed by atoms with Gasteiger partial charge in [0.15, 0.2) is 0 Å². The van der Waals surface area contributed by atoms with Crippen molar-refractivity contribution in [1.29, 1.82) is 0 Å². The summed E-state index contributed by atoms with van der Waals surface area (Å²) in [5, 5.41) is 11.6. The summed E-state index contributed by atoms with van der Waals surface area (Å²) < 4.78 is 35.3. The van der Waals surface area contributed by atoms with Crippen LogP contribution in [0.2, 0.25) is 0 Å². The van der Waals surface area contributed by atoms with E-state index in [1.54, 1.807) is 0 Å². The van der Waals surface area contributed by atoms with Crippen molar-refractivity contribution in [3.63, 3.8) is 0 Å². The predicted octanol–water partition coefficient (Wildman–Crippen LogP) is 1.85. The second-order valence-electron chi connectivity index (χ2n) is 4.20. The summed E-state index contributed by atoms with van der Waals surface area (Å²) in [6, 6.07) is 0. The van der Waals surface area contributed by atoms with E-state index >= 15 is 0 Å². The van der Waals surface area contributed by atoms with E-state index in [0.29, 0.717) is 6.42 Å². The third-order valence-electron chi connectivity index (χ3n) is 1.91. The van der Waals surface area contributed by atoms with Gasteiger partial charge in [-0.05, 0) is 12.3 Å². The molecule has 0 spiro atoms. The second-order valence-corrected chi connectivity index (χ2v) is 4.20. The molecule has 0 fully saturated rings. The molecule has 0 aromatic heterocycles. The molecule has 0 heterocycles. The zero-order valence-corrected chi connectivity index (χ0v) is 9.47. The van der Waals surface area contributed by atoms with Gasteiger partial charge in [0, 0.05) is 13.0 Å². The first-order chi connectivity index (χ1) is 7.20. The molecule has 0 aliphatic rings. The van der Waals surface area contributed by atoms with Crippen molar-refractivity contribution in [3.8, 4) is 0 Å². The predicted molar refractivity (Wildman–Crippen MR) is 53.8 cm³/mol. The van der Waals surface area contributed by atoms with E-state index in [0.717, 1.165) is 0 Å². The number of rotatable bonds is 6. The maximum absolute atomic E-state index is 11.8. The molecule has 0 radical (unpaired) electrons. The molecule has 1 unspecified atom stereocenters. The van der Waals surface area contributed by atoms with Crippen LogP contribution in [0.1, 0.15) is 33.1 Å². The minimum Gasteiger partial charge on any atom is -0.391 e. The first-order valence-electron chi connectivity index (χ1n) is 5.22. The van der Waals surface area contributed by atoms with Gasteiger partial charge in [0.2, 0.25) is 5.91 Å². The third-order valence-corrected chi connectivity index (χ3v) is 1.91. The number of amides is 1. The molecule has 0 aromatic carbocycles. The molecule has 0 aliphatic heterocycles. The van der Waals surface area contributed by atoms with Gasteiger partial charge in [-0.25, -0.2) is 0 Å². The molecule has 0 aromatic rings. The lowest BCUT2D eigenvalue weighted by Crippen LogP contribution is -2.33. The Morgan fingerprint density at radius 3 is 2.38 bits per heavy atom. The highest BCUT2D eigenvalue weighted by atomic mass is 19.4. The minimum atomic E-state index is -4.31. The van der Waals surface area contributed by atoms with Gasteiger partial charge in [-0.1, -0.05) is 13.8 Å². The Morgan fingerprint density at radius 1 is 1.38 bits per heavy atom. The number of nitrogens with one attached hydrogen (secondary N) is 1. The molecule has 0 saturated carbocycles. The van der Waals surface area contributed by atoms with Gasteiger partial charge in [0.25, 0.3) is 0 Å². The molecule has 0 aliphatic carbocycles. The Hall–Kier alpha value is -0.780. The second kappa shape index (κ2) is 6.73. The van der Waals surface area contributed by atoms with Crippen LogP contribution in [0.5, 0.6) is 0 Å². The monoisotopic (exact) mass is 241 g/mol. The smallest absolute Gasteiger partial charge is 0.389 e. The highest BCUT2D eigenvalue weighted by molar-refractivity contribution is 5.75. The summed E-state index contributed by atoms with van der Waals surface area (Å²) in [7, 11) is 0. The fourth-order valence-corrected chi connectivity index (χ4v) is 1.20. The van der Waals surface area contributed by atoms with Crippen molar-refractivity contribution < 1.29 is 23.1 Å². The number of alkyl halides is 3. The topological polar surface area (TPSA) is 49.3 Å². The van der Waals surface area contributed by atoms with Gasteiger partial charge in [0.1, 0.15) is 0 Å². The Labute approximate surface area is 93.0 Å². The number of aliphatic hydroxyl groups excluding tert-OH is 1. The average molecular weight is 241 g/mol. The summed E-state index contributed by atoms with van der Waals surface area (Å²) in [4.78, 5) is 11.0.